The van der Waals surface area contributed by atoms with Gasteiger partial charge in [-0.3, -0.25) is 4.79 Å². The van der Waals surface area contributed by atoms with Crippen molar-refractivity contribution in [2.45, 2.75) is 13.8 Å². The van der Waals surface area contributed by atoms with E-state index in [9.17, 15) is 9.18 Å². The van der Waals surface area contributed by atoms with E-state index in [1.807, 2.05) is 0 Å². The van der Waals surface area contributed by atoms with E-state index in [-0.39, 0.29) is 17.3 Å². The molecule has 0 fully saturated rings. The van der Waals surface area contributed by atoms with E-state index in [2.05, 4.69) is 15.6 Å². The zero-order valence-electron chi connectivity index (χ0n) is 18.0. The number of likely N-dealkylation sites (N-methyl/N-ethyl adjacent to an activating group) is 1. The molecular formula is C22H25FN4O4. The molecule has 164 valence electrons. The second-order valence-electron chi connectivity index (χ2n) is 6.40. The maximum absolute atomic E-state index is 13.6. The summed E-state index contributed by atoms with van der Waals surface area (Å²) in [6, 6.07) is 11.2. The third-order valence-corrected chi connectivity index (χ3v) is 4.49. The summed E-state index contributed by atoms with van der Waals surface area (Å²) < 4.78 is 13.6. The average molecular weight is 428 g/mol. The molecular weight excluding hydrogens is 403 g/mol. The summed E-state index contributed by atoms with van der Waals surface area (Å²) in [4.78, 5) is 27.5. The van der Waals surface area contributed by atoms with Gasteiger partial charge < -0.3 is 19.8 Å². The van der Waals surface area contributed by atoms with Gasteiger partial charge in [-0.1, -0.05) is 34.6 Å². The van der Waals surface area contributed by atoms with Crippen LogP contribution in [0.15, 0.2) is 58.3 Å². The van der Waals surface area contributed by atoms with E-state index in [4.69, 9.17) is 20.4 Å². The average Bonchev–Trinajstić information content (AvgIpc) is 2.76. The lowest BCUT2D eigenvalue weighted by Gasteiger charge is -2.17. The number of nitrogens with one attached hydrogen (secondary N) is 1. The molecule has 31 heavy (non-hydrogen) atoms. The second-order valence-corrected chi connectivity index (χ2v) is 6.40. The van der Waals surface area contributed by atoms with Crippen molar-refractivity contribution >= 4 is 23.1 Å². The summed E-state index contributed by atoms with van der Waals surface area (Å²) in [6.07, 6.45) is 0. The number of aryl methyl sites for hydroxylation is 1. The van der Waals surface area contributed by atoms with Crippen LogP contribution in [0.3, 0.4) is 0 Å². The van der Waals surface area contributed by atoms with Gasteiger partial charge in [0.1, 0.15) is 25.7 Å². The highest BCUT2D eigenvalue weighted by Crippen LogP contribution is 2.27. The zero-order chi connectivity index (χ0) is 23.0. The molecule has 2 rings (SSSR count). The standard InChI is InChI=1S/C22H25FN4O4/c1-13-12-15(23)10-11-16(13)19(26-29-4)14(2)21(31-24)18-9-7-6-8-17(18)20(27-30-5)22(28)25-3/h6-12H,24H2,1-5H3,(H,25,28)/b21-14-,26-19+,27-20+. The van der Waals surface area contributed by atoms with E-state index < -0.39 is 5.91 Å². The van der Waals surface area contributed by atoms with Gasteiger partial charge in [0.2, 0.25) is 0 Å². The summed E-state index contributed by atoms with van der Waals surface area (Å²) in [5, 5.41) is 10.5. The SMILES string of the molecule is CNC(=O)/C(=N/OC)c1ccccc1/C(ON)=C(C)/C(=N\OC)c1ccc(F)cc1C. The lowest BCUT2D eigenvalue weighted by molar-refractivity contribution is -0.114. The number of nitrogens with zero attached hydrogens (tertiary/aromatic N) is 2. The molecule has 0 saturated carbocycles. The van der Waals surface area contributed by atoms with Gasteiger partial charge in [0.15, 0.2) is 11.5 Å². The van der Waals surface area contributed by atoms with Gasteiger partial charge in [0, 0.05) is 29.3 Å². The summed E-state index contributed by atoms with van der Waals surface area (Å²) >= 11 is 0. The van der Waals surface area contributed by atoms with Crippen molar-refractivity contribution in [3.63, 3.8) is 0 Å². The number of nitrogens with two attached hydrogens (primary N) is 1. The molecule has 3 N–H and O–H groups in total. The Labute approximate surface area is 180 Å². The predicted octanol–water partition coefficient (Wildman–Crippen LogP) is 2.90. The molecule has 0 aromatic heterocycles. The number of benzene rings is 2. The van der Waals surface area contributed by atoms with Crippen molar-refractivity contribution in [2.75, 3.05) is 21.3 Å². The van der Waals surface area contributed by atoms with Gasteiger partial charge in [-0.2, -0.15) is 5.90 Å². The maximum atomic E-state index is 13.6. The largest absolute Gasteiger partial charge is 0.410 e. The van der Waals surface area contributed by atoms with Gasteiger partial charge in [0.25, 0.3) is 5.91 Å². The highest BCUT2D eigenvalue weighted by molar-refractivity contribution is 6.45. The summed E-state index contributed by atoms with van der Waals surface area (Å²) in [6.45, 7) is 3.48. The Balaban J connectivity index is 2.77. The van der Waals surface area contributed by atoms with Crippen LogP contribution in [0.5, 0.6) is 0 Å². The van der Waals surface area contributed by atoms with Crippen molar-refractivity contribution in [1.82, 2.24) is 5.32 Å². The minimum Gasteiger partial charge on any atom is -0.410 e. The molecule has 0 aliphatic heterocycles. The highest BCUT2D eigenvalue weighted by Gasteiger charge is 2.23. The molecule has 9 heteroatoms. The van der Waals surface area contributed by atoms with E-state index in [1.54, 1.807) is 44.2 Å². The lowest BCUT2D eigenvalue weighted by atomic mass is 9.93. The van der Waals surface area contributed by atoms with Crippen LogP contribution in [0.25, 0.3) is 5.76 Å². The van der Waals surface area contributed by atoms with Crippen LogP contribution in [0.1, 0.15) is 29.2 Å². The fourth-order valence-corrected chi connectivity index (χ4v) is 3.08. The summed E-state index contributed by atoms with van der Waals surface area (Å²) in [5.74, 6) is 5.05. The Morgan fingerprint density at radius 1 is 1.00 bits per heavy atom. The van der Waals surface area contributed by atoms with Gasteiger partial charge >= 0.3 is 0 Å². The molecule has 0 unspecified atom stereocenters. The van der Waals surface area contributed by atoms with Gasteiger partial charge in [-0.25, -0.2) is 4.39 Å². The molecule has 2 aromatic carbocycles. The van der Waals surface area contributed by atoms with Crippen LogP contribution in [-0.2, 0) is 19.3 Å². The van der Waals surface area contributed by atoms with Gasteiger partial charge in [0.05, 0.1) is 0 Å². The molecule has 0 aliphatic rings. The third kappa shape index (κ3) is 5.26. The van der Waals surface area contributed by atoms with E-state index >= 15 is 0 Å². The molecule has 0 bridgehead atoms. The number of hydrogen-bond donors (Lipinski definition) is 2. The molecule has 0 atom stereocenters. The summed E-state index contributed by atoms with van der Waals surface area (Å²) in [5.41, 5.74) is 3.10. The smallest absolute Gasteiger partial charge is 0.273 e. The van der Waals surface area contributed by atoms with Crippen molar-refractivity contribution < 1.29 is 23.7 Å². The van der Waals surface area contributed by atoms with Crippen molar-refractivity contribution in [2.24, 2.45) is 16.2 Å². The van der Waals surface area contributed by atoms with Crippen molar-refractivity contribution in [3.05, 3.63) is 76.1 Å². The number of rotatable bonds is 8. The fourth-order valence-electron chi connectivity index (χ4n) is 3.08. The minimum atomic E-state index is -0.455. The summed E-state index contributed by atoms with van der Waals surface area (Å²) in [7, 11) is 4.23. The minimum absolute atomic E-state index is 0.0335. The Kier molecular flexibility index (Phi) is 8.27. The second kappa shape index (κ2) is 10.9. The first-order chi connectivity index (χ1) is 14.9. The van der Waals surface area contributed by atoms with Crippen LogP contribution in [0, 0.1) is 12.7 Å². The topological polar surface area (TPSA) is 108 Å². The normalized spacial score (nSPS) is 12.7. The molecule has 0 aliphatic carbocycles. The molecule has 0 heterocycles. The highest BCUT2D eigenvalue weighted by atomic mass is 19.1. The number of amides is 1. The number of carbonyl (C=O) groups excluding carboxylic acids is 1. The lowest BCUT2D eigenvalue weighted by Crippen LogP contribution is -2.29. The number of hydrogen-bond acceptors (Lipinski definition) is 7. The fraction of sp³-hybridized carbons (Fsp3) is 0.227. The van der Waals surface area contributed by atoms with Crippen LogP contribution >= 0.6 is 0 Å². The van der Waals surface area contributed by atoms with Crippen LogP contribution in [0.2, 0.25) is 0 Å². The third-order valence-electron chi connectivity index (χ3n) is 4.49. The monoisotopic (exact) mass is 428 g/mol. The van der Waals surface area contributed by atoms with Gasteiger partial charge in [-0.05, 0) is 37.6 Å². The molecule has 0 radical (unpaired) electrons. The number of oxime groups is 2. The van der Waals surface area contributed by atoms with E-state index in [0.29, 0.717) is 33.5 Å². The predicted molar refractivity (Wildman–Crippen MR) is 117 cm³/mol. The Morgan fingerprint density at radius 3 is 2.16 bits per heavy atom. The van der Waals surface area contributed by atoms with E-state index in [0.717, 1.165) is 0 Å². The first-order valence-corrected chi connectivity index (χ1v) is 9.28. The number of carbonyl (C=O) groups is 1. The van der Waals surface area contributed by atoms with Crippen LogP contribution in [0.4, 0.5) is 4.39 Å². The van der Waals surface area contributed by atoms with Gasteiger partial charge in [-0.15, -0.1) is 0 Å². The maximum Gasteiger partial charge on any atom is 0.273 e. The molecule has 1 amide bonds. The zero-order valence-corrected chi connectivity index (χ0v) is 18.0. The first kappa shape index (κ1) is 23.6. The van der Waals surface area contributed by atoms with Crippen molar-refractivity contribution in [1.29, 1.82) is 0 Å². The quantitative estimate of drug-likeness (QED) is 0.382. The molecule has 0 spiro atoms. The molecule has 0 saturated heterocycles. The van der Waals surface area contributed by atoms with E-state index in [1.165, 1.54) is 33.4 Å². The van der Waals surface area contributed by atoms with Crippen LogP contribution < -0.4 is 11.2 Å². The Hall–Kier alpha value is -3.72. The number of halogens is 1. The number of allylic oxidation sites excluding steroid dienone is 1. The Bertz CT molecular complexity index is 1050. The first-order valence-electron chi connectivity index (χ1n) is 9.28. The molecule has 2 aromatic rings. The van der Waals surface area contributed by atoms with Crippen molar-refractivity contribution in [3.8, 4) is 0 Å². The Morgan fingerprint density at radius 2 is 1.61 bits per heavy atom. The molecule has 8 nitrogen and oxygen atoms in total. The van der Waals surface area contributed by atoms with Crippen LogP contribution in [-0.4, -0.2) is 38.6 Å².